The maximum atomic E-state index is 12.9. The average molecular weight is 395 g/mol. The molecule has 0 aliphatic heterocycles. The summed E-state index contributed by atoms with van der Waals surface area (Å²) < 4.78 is 77.2. The van der Waals surface area contributed by atoms with Crippen LogP contribution in [0.4, 0.5) is 32.0 Å². The van der Waals surface area contributed by atoms with E-state index >= 15 is 0 Å². The molecular formula is C17H15F6NO3. The zero-order chi connectivity index (χ0) is 20.8. The topological polar surface area (TPSA) is 63.2 Å². The summed E-state index contributed by atoms with van der Waals surface area (Å²) >= 11 is 0. The third-order valence-electron chi connectivity index (χ3n) is 4.36. The Kier molecular flexibility index (Phi) is 5.15. The Morgan fingerprint density at radius 3 is 1.93 bits per heavy atom. The van der Waals surface area contributed by atoms with Crippen molar-refractivity contribution in [2.75, 3.05) is 5.32 Å². The van der Waals surface area contributed by atoms with E-state index in [1.165, 1.54) is 13.8 Å². The highest BCUT2D eigenvalue weighted by Crippen LogP contribution is 2.38. The van der Waals surface area contributed by atoms with Gasteiger partial charge >= 0.3 is 12.4 Å². The number of carbonyl (C=O) groups excluding carboxylic acids is 3. The van der Waals surface area contributed by atoms with E-state index in [0.717, 1.165) is 0 Å². The summed E-state index contributed by atoms with van der Waals surface area (Å²) in [5, 5.41) is 1.85. The monoisotopic (exact) mass is 395 g/mol. The van der Waals surface area contributed by atoms with Gasteiger partial charge < -0.3 is 5.32 Å². The van der Waals surface area contributed by atoms with Gasteiger partial charge in [0.2, 0.25) is 5.91 Å². The lowest BCUT2D eigenvalue weighted by Crippen LogP contribution is -2.46. The van der Waals surface area contributed by atoms with Crippen LogP contribution in [0.15, 0.2) is 18.2 Å². The molecule has 1 aromatic carbocycles. The first-order chi connectivity index (χ1) is 12.1. The van der Waals surface area contributed by atoms with Crippen LogP contribution in [0.5, 0.6) is 0 Å². The molecule has 0 heterocycles. The number of amides is 1. The fraction of sp³-hybridized carbons (Fsp3) is 0.471. The number of halogens is 6. The summed E-state index contributed by atoms with van der Waals surface area (Å²) in [6, 6.07) is 0.543. The van der Waals surface area contributed by atoms with Gasteiger partial charge in [0, 0.05) is 17.5 Å². The van der Waals surface area contributed by atoms with Crippen molar-refractivity contribution in [2.45, 2.75) is 39.0 Å². The van der Waals surface area contributed by atoms with Gasteiger partial charge in [-0.3, -0.25) is 14.4 Å². The second kappa shape index (κ2) is 6.65. The number of ketones is 2. The summed E-state index contributed by atoms with van der Waals surface area (Å²) in [5.74, 6) is -4.46. The van der Waals surface area contributed by atoms with Gasteiger partial charge in [-0.05, 0) is 24.6 Å². The minimum Gasteiger partial charge on any atom is -0.325 e. The minimum absolute atomic E-state index is 0.0876. The molecule has 1 aliphatic carbocycles. The molecule has 1 aliphatic rings. The fourth-order valence-corrected chi connectivity index (χ4v) is 2.75. The molecule has 1 N–H and O–H groups in total. The Bertz CT molecular complexity index is 763. The Morgan fingerprint density at radius 1 is 1.00 bits per heavy atom. The number of hydrogen-bond donors (Lipinski definition) is 1. The average Bonchev–Trinajstić information content (AvgIpc) is 2.50. The Labute approximate surface area is 149 Å². The van der Waals surface area contributed by atoms with E-state index in [1.54, 1.807) is 0 Å². The van der Waals surface area contributed by atoms with Crippen LogP contribution in [0.3, 0.4) is 0 Å². The van der Waals surface area contributed by atoms with Crippen LogP contribution in [0, 0.1) is 11.3 Å². The molecule has 1 fully saturated rings. The number of hydrogen-bond acceptors (Lipinski definition) is 3. The van der Waals surface area contributed by atoms with Crippen molar-refractivity contribution < 1.29 is 40.7 Å². The van der Waals surface area contributed by atoms with Crippen molar-refractivity contribution in [1.82, 2.24) is 0 Å². The zero-order valence-electron chi connectivity index (χ0n) is 14.2. The quantitative estimate of drug-likeness (QED) is 0.602. The van der Waals surface area contributed by atoms with Crippen molar-refractivity contribution in [3.05, 3.63) is 29.3 Å². The van der Waals surface area contributed by atoms with Crippen LogP contribution < -0.4 is 5.32 Å². The van der Waals surface area contributed by atoms with E-state index in [-0.39, 0.29) is 18.9 Å². The van der Waals surface area contributed by atoms with E-state index in [2.05, 4.69) is 0 Å². The van der Waals surface area contributed by atoms with E-state index in [0.29, 0.717) is 12.1 Å². The first-order valence-corrected chi connectivity index (χ1v) is 7.80. The molecule has 1 aromatic rings. The molecule has 27 heavy (non-hydrogen) atoms. The van der Waals surface area contributed by atoms with E-state index < -0.39 is 58.0 Å². The normalized spacial score (nSPS) is 20.5. The van der Waals surface area contributed by atoms with E-state index in [1.807, 2.05) is 5.32 Å². The number of benzene rings is 1. The van der Waals surface area contributed by atoms with Crippen LogP contribution in [-0.2, 0) is 26.7 Å². The number of Topliss-reactive ketones (excluding diaryl/α,β-unsaturated/α-hetero) is 2. The van der Waals surface area contributed by atoms with Crippen LogP contribution in [0.1, 0.15) is 37.8 Å². The Hall–Kier alpha value is -2.39. The molecule has 1 amide bonds. The largest absolute Gasteiger partial charge is 0.416 e. The predicted molar refractivity (Wildman–Crippen MR) is 81.6 cm³/mol. The SMILES string of the molecule is CC1(C)CCC(=O)C(C(=O)Nc2cc(C(F)(F)F)cc(C(F)(F)F)c2)C1=O. The summed E-state index contributed by atoms with van der Waals surface area (Å²) in [6.45, 7) is 3.02. The number of carbonyl (C=O) groups is 3. The van der Waals surface area contributed by atoms with Gasteiger partial charge in [0.1, 0.15) is 0 Å². The summed E-state index contributed by atoms with van der Waals surface area (Å²) in [5.41, 5.74) is -5.03. The Morgan fingerprint density at radius 2 is 1.48 bits per heavy atom. The highest BCUT2D eigenvalue weighted by atomic mass is 19.4. The molecule has 4 nitrogen and oxygen atoms in total. The van der Waals surface area contributed by atoms with Crippen LogP contribution in [-0.4, -0.2) is 17.5 Å². The number of rotatable bonds is 2. The highest BCUT2D eigenvalue weighted by Gasteiger charge is 2.46. The molecule has 0 spiro atoms. The van der Waals surface area contributed by atoms with Crippen molar-refractivity contribution in [1.29, 1.82) is 0 Å². The van der Waals surface area contributed by atoms with Gasteiger partial charge in [-0.25, -0.2) is 0 Å². The van der Waals surface area contributed by atoms with Gasteiger partial charge in [0.05, 0.1) is 11.1 Å². The molecule has 0 saturated heterocycles. The summed E-state index contributed by atoms with van der Waals surface area (Å²) in [7, 11) is 0. The van der Waals surface area contributed by atoms with Gasteiger partial charge in [-0.2, -0.15) is 26.3 Å². The number of anilines is 1. The maximum absolute atomic E-state index is 12.9. The third-order valence-corrected chi connectivity index (χ3v) is 4.36. The molecule has 1 saturated carbocycles. The molecule has 0 radical (unpaired) electrons. The maximum Gasteiger partial charge on any atom is 0.416 e. The van der Waals surface area contributed by atoms with Gasteiger partial charge in [-0.1, -0.05) is 13.8 Å². The van der Waals surface area contributed by atoms with Crippen molar-refractivity contribution >= 4 is 23.2 Å². The smallest absolute Gasteiger partial charge is 0.325 e. The predicted octanol–water partition coefficient (Wildman–Crippen LogP) is 4.24. The second-order valence-electron chi connectivity index (χ2n) is 6.93. The molecule has 1 unspecified atom stereocenters. The molecule has 1 atom stereocenters. The third kappa shape index (κ3) is 4.48. The highest BCUT2D eigenvalue weighted by molar-refractivity contribution is 6.24. The molecule has 0 bridgehead atoms. The first kappa shape index (κ1) is 20.9. The summed E-state index contributed by atoms with van der Waals surface area (Å²) in [4.78, 5) is 36.5. The molecule has 148 valence electrons. The lowest BCUT2D eigenvalue weighted by molar-refractivity contribution is -0.148. The van der Waals surface area contributed by atoms with Gasteiger partial charge in [0.15, 0.2) is 17.5 Å². The van der Waals surface area contributed by atoms with Crippen LogP contribution >= 0.6 is 0 Å². The van der Waals surface area contributed by atoms with E-state index in [9.17, 15) is 40.7 Å². The van der Waals surface area contributed by atoms with Crippen molar-refractivity contribution in [2.24, 2.45) is 11.3 Å². The summed E-state index contributed by atoms with van der Waals surface area (Å²) in [6.07, 6.45) is -10.1. The molecule has 2 rings (SSSR count). The zero-order valence-corrected chi connectivity index (χ0v) is 14.2. The molecule has 10 heteroatoms. The fourth-order valence-electron chi connectivity index (χ4n) is 2.75. The Balaban J connectivity index is 2.40. The molecule has 0 aromatic heterocycles. The standard InChI is InChI=1S/C17H15F6NO3/c1-15(2)4-3-11(25)12(13(15)26)14(27)24-10-6-8(16(18,19)20)5-9(7-10)17(21,22)23/h5-7,12H,3-4H2,1-2H3,(H,24,27). The lowest BCUT2D eigenvalue weighted by Gasteiger charge is -2.31. The molecular weight excluding hydrogens is 380 g/mol. The van der Waals surface area contributed by atoms with Crippen molar-refractivity contribution in [3.63, 3.8) is 0 Å². The lowest BCUT2D eigenvalue weighted by atomic mass is 9.70. The van der Waals surface area contributed by atoms with Crippen LogP contribution in [0.2, 0.25) is 0 Å². The van der Waals surface area contributed by atoms with Crippen molar-refractivity contribution in [3.8, 4) is 0 Å². The first-order valence-electron chi connectivity index (χ1n) is 7.80. The van der Waals surface area contributed by atoms with Gasteiger partial charge in [0.25, 0.3) is 0 Å². The number of nitrogens with one attached hydrogen (secondary N) is 1. The van der Waals surface area contributed by atoms with E-state index in [4.69, 9.17) is 0 Å². The number of alkyl halides is 6. The second-order valence-corrected chi connectivity index (χ2v) is 6.93. The minimum atomic E-state index is -5.08. The van der Waals surface area contributed by atoms with Gasteiger partial charge in [-0.15, -0.1) is 0 Å². The van der Waals surface area contributed by atoms with Crippen LogP contribution in [0.25, 0.3) is 0 Å².